The maximum Gasteiger partial charge on any atom is 0.237 e. The van der Waals surface area contributed by atoms with Crippen molar-refractivity contribution >= 4 is 23.4 Å². The highest BCUT2D eigenvalue weighted by molar-refractivity contribution is 8.00. The fraction of sp³-hybridized carbons (Fsp3) is 0.222. The molecule has 0 saturated carbocycles. The van der Waals surface area contributed by atoms with Crippen LogP contribution in [0.4, 0.5) is 5.69 Å². The van der Waals surface area contributed by atoms with Crippen LogP contribution in [0.15, 0.2) is 53.7 Å². The Labute approximate surface area is 154 Å². The van der Waals surface area contributed by atoms with Gasteiger partial charge in [0.2, 0.25) is 11.1 Å². The topological polar surface area (TPSA) is 81.9 Å². The molecule has 3 aromatic rings. The molecule has 8 heteroatoms. The third-order valence-corrected chi connectivity index (χ3v) is 5.43. The zero-order valence-electron chi connectivity index (χ0n) is 14.1. The smallest absolute Gasteiger partial charge is 0.237 e. The lowest BCUT2D eigenvalue weighted by Gasteiger charge is -2.12. The Balaban J connectivity index is 1.57. The van der Waals surface area contributed by atoms with Crippen LogP contribution in [0.3, 0.4) is 0 Å². The number of nitrogens with one attached hydrogen (secondary N) is 1. The maximum atomic E-state index is 12.6. The van der Waals surface area contributed by atoms with Crippen molar-refractivity contribution in [2.75, 3.05) is 12.4 Å². The molecule has 1 aliphatic heterocycles. The molecule has 1 aromatic heterocycles. The Bertz CT molecular complexity index is 943. The van der Waals surface area contributed by atoms with E-state index in [9.17, 15) is 4.79 Å². The predicted molar refractivity (Wildman–Crippen MR) is 98.7 cm³/mol. The number of methoxy groups -OCH3 is 1. The van der Waals surface area contributed by atoms with Crippen LogP contribution in [0.2, 0.25) is 0 Å². The molecular formula is C18H17N5O2S. The van der Waals surface area contributed by atoms with Crippen LogP contribution in [0.1, 0.15) is 12.0 Å². The van der Waals surface area contributed by atoms with E-state index in [-0.39, 0.29) is 11.2 Å². The van der Waals surface area contributed by atoms with Crippen molar-refractivity contribution in [3.8, 4) is 11.4 Å². The molecule has 1 N–H and O–H groups in total. The van der Waals surface area contributed by atoms with Crippen molar-refractivity contribution in [1.82, 2.24) is 20.2 Å². The summed E-state index contributed by atoms with van der Waals surface area (Å²) in [4.78, 5) is 12.6. The van der Waals surface area contributed by atoms with Crippen LogP contribution >= 0.6 is 11.8 Å². The average molecular weight is 367 g/mol. The molecule has 0 saturated heterocycles. The standard InChI is InChI=1S/C18H17N5O2S/c1-25-14-7-4-6-13(11-14)23-18(20-21-22-23)26-16-10-9-12-5-2-3-8-15(12)19-17(16)24/h2-8,11,16H,9-10H2,1H3,(H,19,24)/t16-/m0/s1. The number of carbonyl (C=O) groups is 1. The Kier molecular flexibility index (Phi) is 4.57. The second kappa shape index (κ2) is 7.17. The molecule has 26 heavy (non-hydrogen) atoms. The highest BCUT2D eigenvalue weighted by Crippen LogP contribution is 2.31. The molecule has 2 aromatic carbocycles. The molecule has 4 rings (SSSR count). The number of amides is 1. The zero-order chi connectivity index (χ0) is 17.9. The van der Waals surface area contributed by atoms with Crippen LogP contribution in [0, 0.1) is 0 Å². The summed E-state index contributed by atoms with van der Waals surface area (Å²) in [6, 6.07) is 15.4. The number of aryl methyl sites for hydroxylation is 1. The summed E-state index contributed by atoms with van der Waals surface area (Å²) < 4.78 is 6.88. The summed E-state index contributed by atoms with van der Waals surface area (Å²) in [7, 11) is 1.61. The van der Waals surface area contributed by atoms with Crippen molar-refractivity contribution in [2.45, 2.75) is 23.2 Å². The lowest BCUT2D eigenvalue weighted by Crippen LogP contribution is -2.24. The first-order valence-electron chi connectivity index (χ1n) is 8.23. The van der Waals surface area contributed by atoms with E-state index < -0.39 is 0 Å². The van der Waals surface area contributed by atoms with Gasteiger partial charge in [0.1, 0.15) is 5.75 Å². The van der Waals surface area contributed by atoms with Gasteiger partial charge in [0.15, 0.2) is 0 Å². The molecule has 0 unspecified atom stereocenters. The van der Waals surface area contributed by atoms with Gasteiger partial charge in [-0.1, -0.05) is 36.0 Å². The van der Waals surface area contributed by atoms with Crippen LogP contribution in [-0.2, 0) is 11.2 Å². The Morgan fingerprint density at radius 3 is 3.00 bits per heavy atom. The van der Waals surface area contributed by atoms with Crippen LogP contribution in [0.5, 0.6) is 5.75 Å². The van der Waals surface area contributed by atoms with Gasteiger partial charge in [0.25, 0.3) is 0 Å². The molecule has 132 valence electrons. The van der Waals surface area contributed by atoms with E-state index in [0.717, 1.165) is 35.5 Å². The van der Waals surface area contributed by atoms with Crippen LogP contribution < -0.4 is 10.1 Å². The zero-order valence-corrected chi connectivity index (χ0v) is 14.9. The lowest BCUT2D eigenvalue weighted by molar-refractivity contribution is -0.115. The number of nitrogens with zero attached hydrogens (tertiary/aromatic N) is 4. The number of hydrogen-bond acceptors (Lipinski definition) is 6. The van der Waals surface area contributed by atoms with Crippen LogP contribution in [0.25, 0.3) is 5.69 Å². The number of para-hydroxylation sites is 1. The number of carbonyl (C=O) groups excluding carboxylic acids is 1. The van der Waals surface area contributed by atoms with Gasteiger partial charge in [-0.15, -0.1) is 5.10 Å². The van der Waals surface area contributed by atoms with E-state index in [2.05, 4.69) is 20.8 Å². The maximum absolute atomic E-state index is 12.6. The average Bonchev–Trinajstić information content (AvgIpc) is 3.07. The molecule has 7 nitrogen and oxygen atoms in total. The number of ether oxygens (including phenoxy) is 1. The van der Waals surface area contributed by atoms with Gasteiger partial charge in [0.05, 0.1) is 18.0 Å². The second-order valence-corrected chi connectivity index (χ2v) is 7.04. The van der Waals surface area contributed by atoms with Gasteiger partial charge in [-0.2, -0.15) is 4.68 Å². The van der Waals surface area contributed by atoms with E-state index in [1.807, 2.05) is 48.5 Å². The van der Waals surface area contributed by atoms with Gasteiger partial charge in [-0.05, 0) is 47.0 Å². The monoisotopic (exact) mass is 367 g/mol. The highest BCUT2D eigenvalue weighted by Gasteiger charge is 2.26. The Morgan fingerprint density at radius 1 is 1.23 bits per heavy atom. The van der Waals surface area contributed by atoms with Gasteiger partial charge in [-0.25, -0.2) is 0 Å². The summed E-state index contributed by atoms with van der Waals surface area (Å²) in [6.07, 6.45) is 1.55. The number of benzene rings is 2. The van der Waals surface area contributed by atoms with Crippen molar-refractivity contribution < 1.29 is 9.53 Å². The van der Waals surface area contributed by atoms with E-state index in [1.165, 1.54) is 11.8 Å². The molecule has 0 fully saturated rings. The molecule has 1 atom stereocenters. The predicted octanol–water partition coefficient (Wildman–Crippen LogP) is 2.72. The van der Waals surface area contributed by atoms with Gasteiger partial charge in [-0.3, -0.25) is 4.79 Å². The minimum Gasteiger partial charge on any atom is -0.497 e. The highest BCUT2D eigenvalue weighted by atomic mass is 32.2. The Hall–Kier alpha value is -2.87. The quantitative estimate of drug-likeness (QED) is 0.764. The number of hydrogen-bond donors (Lipinski definition) is 1. The summed E-state index contributed by atoms with van der Waals surface area (Å²) >= 11 is 1.37. The molecule has 0 radical (unpaired) electrons. The van der Waals surface area contributed by atoms with Crippen molar-refractivity contribution in [2.24, 2.45) is 0 Å². The van der Waals surface area contributed by atoms with Crippen molar-refractivity contribution in [3.63, 3.8) is 0 Å². The van der Waals surface area contributed by atoms with Gasteiger partial charge < -0.3 is 10.1 Å². The summed E-state index contributed by atoms with van der Waals surface area (Å²) in [6.45, 7) is 0. The summed E-state index contributed by atoms with van der Waals surface area (Å²) in [5.74, 6) is 0.691. The first kappa shape index (κ1) is 16.6. The summed E-state index contributed by atoms with van der Waals surface area (Å²) in [5.41, 5.74) is 2.82. The second-order valence-electron chi connectivity index (χ2n) is 5.87. The SMILES string of the molecule is COc1cccc(-n2nnnc2S[C@H]2CCc3ccccc3NC2=O)c1. The normalized spacial score (nSPS) is 16.5. The van der Waals surface area contributed by atoms with Gasteiger partial charge >= 0.3 is 0 Å². The number of tetrazole rings is 1. The minimum atomic E-state index is -0.266. The molecular weight excluding hydrogens is 350 g/mol. The third kappa shape index (κ3) is 3.28. The summed E-state index contributed by atoms with van der Waals surface area (Å²) in [5, 5.41) is 15.3. The molecule has 0 bridgehead atoms. The third-order valence-electron chi connectivity index (χ3n) is 4.23. The van der Waals surface area contributed by atoms with Crippen molar-refractivity contribution in [3.05, 3.63) is 54.1 Å². The Morgan fingerprint density at radius 2 is 2.12 bits per heavy atom. The molecule has 0 spiro atoms. The lowest BCUT2D eigenvalue weighted by atomic mass is 10.1. The molecule has 2 heterocycles. The first-order chi connectivity index (χ1) is 12.7. The van der Waals surface area contributed by atoms with E-state index in [4.69, 9.17) is 4.74 Å². The largest absolute Gasteiger partial charge is 0.497 e. The molecule has 1 aliphatic rings. The van der Waals surface area contributed by atoms with E-state index in [0.29, 0.717) is 5.16 Å². The minimum absolute atomic E-state index is 0.0276. The number of aromatic nitrogens is 4. The molecule has 0 aliphatic carbocycles. The first-order valence-corrected chi connectivity index (χ1v) is 9.11. The number of fused-ring (bicyclic) bond motifs is 1. The number of thioether (sulfide) groups is 1. The fourth-order valence-electron chi connectivity index (χ4n) is 2.89. The van der Waals surface area contributed by atoms with E-state index in [1.54, 1.807) is 11.8 Å². The number of rotatable bonds is 4. The van der Waals surface area contributed by atoms with Crippen LogP contribution in [-0.4, -0.2) is 38.5 Å². The number of anilines is 1. The fourth-order valence-corrected chi connectivity index (χ4v) is 3.87. The van der Waals surface area contributed by atoms with Gasteiger partial charge in [0, 0.05) is 11.8 Å². The van der Waals surface area contributed by atoms with E-state index >= 15 is 0 Å². The van der Waals surface area contributed by atoms with Crippen molar-refractivity contribution in [1.29, 1.82) is 0 Å². The molecule has 1 amide bonds.